The first-order valence-electron chi connectivity index (χ1n) is 11.2. The van der Waals surface area contributed by atoms with E-state index in [2.05, 4.69) is 41.5 Å². The molecule has 0 aromatic heterocycles. The molecule has 0 aliphatic heterocycles. The highest BCUT2D eigenvalue weighted by Gasteiger charge is 2.59. The van der Waals surface area contributed by atoms with Gasteiger partial charge in [0.25, 0.3) is 0 Å². The standard InChI is InChI=1S/C26H38O3/c1-17(2)26(6)16-21(27)25(4,5)20-14-12-18(3)23(20)24(26)29-22(28)15-13-19-10-8-7-9-11-19/h7-11,13,15,17-18,20-21,23-24,27H,12,14,16H2,1-6H3/b15-13+/t18-,20-,21-,23-,24+,26+/m0/s1. The molecule has 0 bridgehead atoms. The van der Waals surface area contributed by atoms with E-state index in [1.165, 1.54) is 0 Å². The zero-order chi connectivity index (χ0) is 21.4. The third kappa shape index (κ3) is 4.17. The summed E-state index contributed by atoms with van der Waals surface area (Å²) in [5.41, 5.74) is 0.554. The summed E-state index contributed by atoms with van der Waals surface area (Å²) in [5, 5.41) is 11.2. The number of fused-ring (bicyclic) bond motifs is 1. The van der Waals surface area contributed by atoms with Crippen molar-refractivity contribution < 1.29 is 14.6 Å². The second-order valence-corrected chi connectivity index (χ2v) is 10.5. The minimum atomic E-state index is -0.392. The van der Waals surface area contributed by atoms with Gasteiger partial charge in [-0.2, -0.15) is 0 Å². The van der Waals surface area contributed by atoms with Crippen LogP contribution in [0.1, 0.15) is 66.4 Å². The van der Waals surface area contributed by atoms with Crippen molar-refractivity contribution in [3.8, 4) is 0 Å². The van der Waals surface area contributed by atoms with Gasteiger partial charge in [-0.3, -0.25) is 0 Å². The molecule has 2 aliphatic rings. The van der Waals surface area contributed by atoms with E-state index in [0.717, 1.165) is 18.4 Å². The SMILES string of the molecule is CC(C)[C@@]1(C)C[C@H](O)C(C)(C)[C@H]2CC[C@H](C)[C@@H]2[C@H]1OC(=O)/C=C/c1ccccc1. The van der Waals surface area contributed by atoms with Crippen molar-refractivity contribution in [1.29, 1.82) is 0 Å². The highest BCUT2D eigenvalue weighted by molar-refractivity contribution is 5.87. The van der Waals surface area contributed by atoms with Crippen LogP contribution in [0, 0.1) is 34.5 Å². The quantitative estimate of drug-likeness (QED) is 0.521. The van der Waals surface area contributed by atoms with Crippen LogP contribution in [-0.2, 0) is 9.53 Å². The fourth-order valence-corrected chi connectivity index (χ4v) is 5.75. The summed E-state index contributed by atoms with van der Waals surface area (Å²) < 4.78 is 6.26. The molecule has 3 nitrogen and oxygen atoms in total. The van der Waals surface area contributed by atoms with Gasteiger partial charge in [0.1, 0.15) is 6.10 Å². The maximum atomic E-state index is 12.9. The molecule has 29 heavy (non-hydrogen) atoms. The normalized spacial score (nSPS) is 36.8. The van der Waals surface area contributed by atoms with E-state index in [1.807, 2.05) is 36.4 Å². The first-order chi connectivity index (χ1) is 13.6. The van der Waals surface area contributed by atoms with Gasteiger partial charge in [0.15, 0.2) is 0 Å². The fourth-order valence-electron chi connectivity index (χ4n) is 5.75. The van der Waals surface area contributed by atoms with Crippen LogP contribution >= 0.6 is 0 Å². The molecule has 0 radical (unpaired) electrons. The topological polar surface area (TPSA) is 46.5 Å². The van der Waals surface area contributed by atoms with Crippen LogP contribution < -0.4 is 0 Å². The molecule has 0 heterocycles. The van der Waals surface area contributed by atoms with Crippen LogP contribution in [0.4, 0.5) is 0 Å². The maximum absolute atomic E-state index is 12.9. The Kier molecular flexibility index (Phi) is 6.29. The van der Waals surface area contributed by atoms with E-state index in [9.17, 15) is 9.90 Å². The molecule has 2 aliphatic carbocycles. The predicted octanol–water partition coefficient (Wildman–Crippen LogP) is 5.73. The van der Waals surface area contributed by atoms with Crippen molar-refractivity contribution >= 4 is 12.0 Å². The molecular formula is C26H38O3. The summed E-state index contributed by atoms with van der Waals surface area (Å²) in [6.45, 7) is 13.3. The number of hydrogen-bond acceptors (Lipinski definition) is 3. The van der Waals surface area contributed by atoms with Crippen LogP contribution in [0.3, 0.4) is 0 Å². The van der Waals surface area contributed by atoms with Gasteiger partial charge in [0.05, 0.1) is 6.10 Å². The summed E-state index contributed by atoms with van der Waals surface area (Å²) in [6, 6.07) is 9.83. The number of carbonyl (C=O) groups is 1. The highest BCUT2D eigenvalue weighted by atomic mass is 16.5. The monoisotopic (exact) mass is 398 g/mol. The van der Waals surface area contributed by atoms with Crippen LogP contribution in [0.5, 0.6) is 0 Å². The third-order valence-electron chi connectivity index (χ3n) is 8.28. The Morgan fingerprint density at radius 2 is 1.83 bits per heavy atom. The Hall–Kier alpha value is -1.61. The molecule has 2 saturated carbocycles. The van der Waals surface area contributed by atoms with Gasteiger partial charge >= 0.3 is 5.97 Å². The minimum Gasteiger partial charge on any atom is -0.458 e. The summed E-state index contributed by atoms with van der Waals surface area (Å²) >= 11 is 0. The van der Waals surface area contributed by atoms with Crippen molar-refractivity contribution in [2.45, 2.75) is 73.0 Å². The number of ether oxygens (including phenoxy) is 1. The zero-order valence-electron chi connectivity index (χ0n) is 18.9. The maximum Gasteiger partial charge on any atom is 0.331 e. The van der Waals surface area contributed by atoms with E-state index in [4.69, 9.17) is 4.74 Å². The molecule has 1 N–H and O–H groups in total. The number of benzene rings is 1. The Labute approximate surface area is 176 Å². The molecule has 3 heteroatoms. The van der Waals surface area contributed by atoms with Crippen molar-refractivity contribution in [1.82, 2.24) is 0 Å². The van der Waals surface area contributed by atoms with Gasteiger partial charge in [0, 0.05) is 17.4 Å². The molecule has 2 fully saturated rings. The average molecular weight is 399 g/mol. The van der Waals surface area contributed by atoms with E-state index >= 15 is 0 Å². The number of hydrogen-bond donors (Lipinski definition) is 1. The van der Waals surface area contributed by atoms with Crippen molar-refractivity contribution in [3.05, 3.63) is 42.0 Å². The molecule has 0 unspecified atom stereocenters. The minimum absolute atomic E-state index is 0.174. The summed E-state index contributed by atoms with van der Waals surface area (Å²) in [7, 11) is 0. The highest BCUT2D eigenvalue weighted by Crippen LogP contribution is 2.59. The lowest BCUT2D eigenvalue weighted by molar-refractivity contribution is -0.161. The molecule has 1 aromatic carbocycles. The number of aliphatic hydroxyl groups excluding tert-OH is 1. The Balaban J connectivity index is 1.93. The molecule has 6 atom stereocenters. The molecule has 0 amide bonds. The van der Waals surface area contributed by atoms with E-state index in [0.29, 0.717) is 24.2 Å². The number of carbonyl (C=O) groups excluding carboxylic acids is 1. The first kappa shape index (κ1) is 22.1. The van der Waals surface area contributed by atoms with Crippen LogP contribution in [-0.4, -0.2) is 23.3 Å². The molecule has 0 saturated heterocycles. The van der Waals surface area contributed by atoms with Gasteiger partial charge in [-0.1, -0.05) is 71.9 Å². The van der Waals surface area contributed by atoms with E-state index < -0.39 is 6.10 Å². The van der Waals surface area contributed by atoms with Crippen molar-refractivity contribution in [2.75, 3.05) is 0 Å². The van der Waals surface area contributed by atoms with Gasteiger partial charge in [-0.05, 0) is 54.1 Å². The van der Waals surface area contributed by atoms with Crippen molar-refractivity contribution in [3.63, 3.8) is 0 Å². The predicted molar refractivity (Wildman–Crippen MR) is 118 cm³/mol. The smallest absolute Gasteiger partial charge is 0.331 e. The number of rotatable bonds is 4. The summed E-state index contributed by atoms with van der Waals surface area (Å²) in [4.78, 5) is 12.9. The molecule has 1 aromatic rings. The average Bonchev–Trinajstić information content (AvgIpc) is 3.04. The zero-order valence-corrected chi connectivity index (χ0v) is 18.9. The fraction of sp³-hybridized carbons (Fsp3) is 0.654. The molecule has 160 valence electrons. The Morgan fingerprint density at radius 3 is 2.45 bits per heavy atom. The van der Waals surface area contributed by atoms with Gasteiger partial charge < -0.3 is 9.84 Å². The molecule has 3 rings (SSSR count). The number of esters is 1. The van der Waals surface area contributed by atoms with Crippen LogP contribution in [0.25, 0.3) is 6.08 Å². The summed E-state index contributed by atoms with van der Waals surface area (Å²) in [5.74, 6) is 1.15. The lowest BCUT2D eigenvalue weighted by Crippen LogP contribution is -2.46. The second-order valence-electron chi connectivity index (χ2n) is 10.5. The van der Waals surface area contributed by atoms with Crippen molar-refractivity contribution in [2.24, 2.45) is 34.5 Å². The molecule has 0 spiro atoms. The van der Waals surface area contributed by atoms with Gasteiger partial charge in [-0.15, -0.1) is 0 Å². The van der Waals surface area contributed by atoms with Crippen LogP contribution in [0.2, 0.25) is 0 Å². The van der Waals surface area contributed by atoms with Crippen LogP contribution in [0.15, 0.2) is 36.4 Å². The first-order valence-corrected chi connectivity index (χ1v) is 11.2. The third-order valence-corrected chi connectivity index (χ3v) is 8.28. The van der Waals surface area contributed by atoms with Gasteiger partial charge in [-0.25, -0.2) is 4.79 Å². The lowest BCUT2D eigenvalue weighted by Gasteiger charge is -2.44. The van der Waals surface area contributed by atoms with E-state index in [-0.39, 0.29) is 28.8 Å². The second kappa shape index (κ2) is 8.26. The largest absolute Gasteiger partial charge is 0.458 e. The van der Waals surface area contributed by atoms with Gasteiger partial charge in [0.2, 0.25) is 0 Å². The lowest BCUT2D eigenvalue weighted by atomic mass is 9.66. The number of aliphatic hydroxyl groups is 1. The molecular weight excluding hydrogens is 360 g/mol. The van der Waals surface area contributed by atoms with E-state index in [1.54, 1.807) is 6.08 Å². The Morgan fingerprint density at radius 1 is 1.17 bits per heavy atom. The summed E-state index contributed by atoms with van der Waals surface area (Å²) in [6.07, 6.45) is 5.69. The Bertz CT molecular complexity index is 736.